The van der Waals surface area contributed by atoms with Gasteiger partial charge in [-0.25, -0.2) is 0 Å². The van der Waals surface area contributed by atoms with Crippen LogP contribution in [0.2, 0.25) is 0 Å². The van der Waals surface area contributed by atoms with Crippen LogP contribution in [0.15, 0.2) is 0 Å². The average Bonchev–Trinajstić information content (AvgIpc) is 2.35. The van der Waals surface area contributed by atoms with Crippen LogP contribution >= 0.6 is 0 Å². The Bertz CT molecular complexity index is 272. The van der Waals surface area contributed by atoms with Crippen molar-refractivity contribution in [2.24, 2.45) is 35.1 Å². The maximum Gasteiger partial charge on any atom is 0.130 e. The zero-order valence-electron chi connectivity index (χ0n) is 15.5. The first-order chi connectivity index (χ1) is 10.1. The molecule has 0 amide bonds. The van der Waals surface area contributed by atoms with Crippen LogP contribution in [0.3, 0.4) is 0 Å². The quantitative estimate of drug-likeness (QED) is 0.637. The zero-order chi connectivity index (χ0) is 17.7. The summed E-state index contributed by atoms with van der Waals surface area (Å²) >= 11 is 0. The van der Waals surface area contributed by atoms with E-state index in [1.54, 1.807) is 13.8 Å². The summed E-state index contributed by atoms with van der Waals surface area (Å²) in [7, 11) is 0. The van der Waals surface area contributed by atoms with Gasteiger partial charge in [-0.15, -0.1) is 0 Å². The molecule has 0 spiro atoms. The molecule has 0 radical (unpaired) electrons. The molecule has 2 atom stereocenters. The summed E-state index contributed by atoms with van der Waals surface area (Å²) in [6, 6.07) is 0. The molecule has 0 fully saturated rings. The van der Waals surface area contributed by atoms with Crippen LogP contribution in [-0.4, -0.2) is 24.7 Å². The zero-order valence-corrected chi connectivity index (χ0v) is 15.5. The molecule has 0 aromatic heterocycles. The molecular weight excluding hydrogens is 288 g/mol. The molecule has 0 rings (SSSR count). The molecule has 0 heterocycles. The molecule has 0 aromatic rings. The van der Waals surface area contributed by atoms with Crippen LogP contribution in [0, 0.1) is 23.7 Å². The van der Waals surface area contributed by atoms with E-state index in [1.807, 2.05) is 0 Å². The molecule has 0 aliphatic rings. The number of Topliss-reactive ketones (excluding diaryl/α,β-unsaturated/α-hetero) is 2. The van der Waals surface area contributed by atoms with Crippen LogP contribution in [0.5, 0.6) is 0 Å². The van der Waals surface area contributed by atoms with Crippen molar-refractivity contribution in [3.8, 4) is 0 Å². The van der Waals surface area contributed by atoms with Gasteiger partial charge in [-0.05, 0) is 63.5 Å². The van der Waals surface area contributed by atoms with E-state index in [0.29, 0.717) is 49.6 Å². The number of rotatable bonds is 10. The van der Waals surface area contributed by atoms with Crippen molar-refractivity contribution in [2.75, 3.05) is 13.1 Å². The second-order valence-corrected chi connectivity index (χ2v) is 7.27. The predicted octanol–water partition coefficient (Wildman–Crippen LogP) is 3.81. The van der Waals surface area contributed by atoms with Crippen LogP contribution in [-0.2, 0) is 9.59 Å². The van der Waals surface area contributed by atoms with Gasteiger partial charge < -0.3 is 21.1 Å². The Balaban J connectivity index is -0.000000333. The lowest BCUT2D eigenvalue weighted by molar-refractivity contribution is -0.118. The highest BCUT2D eigenvalue weighted by Gasteiger charge is 2.11. The molecule has 140 valence electrons. The van der Waals surface area contributed by atoms with Gasteiger partial charge in [0.15, 0.2) is 0 Å². The minimum absolute atomic E-state index is 0. The van der Waals surface area contributed by atoms with Gasteiger partial charge in [0.2, 0.25) is 0 Å². The topological polar surface area (TPSA) is 86.2 Å². The first-order valence-electron chi connectivity index (χ1n) is 8.51. The lowest BCUT2D eigenvalue weighted by atomic mass is 9.93. The number of carbonyl (C=O) groups is 2. The summed E-state index contributed by atoms with van der Waals surface area (Å²) in [4.78, 5) is 21.5. The second kappa shape index (κ2) is 16.1. The third-order valence-corrected chi connectivity index (χ3v) is 3.43. The summed E-state index contributed by atoms with van der Waals surface area (Å²) in [5, 5.41) is 0. The molecule has 0 saturated carbocycles. The smallest absolute Gasteiger partial charge is 0.130 e. The van der Waals surface area contributed by atoms with E-state index in [2.05, 4.69) is 27.7 Å². The third kappa shape index (κ3) is 21.3. The summed E-state index contributed by atoms with van der Waals surface area (Å²) in [5.74, 6) is 2.58. The Morgan fingerprint density at radius 2 is 1.00 bits per heavy atom. The highest BCUT2D eigenvalue weighted by molar-refractivity contribution is 5.76. The van der Waals surface area contributed by atoms with Crippen LogP contribution in [0.4, 0.5) is 0 Å². The van der Waals surface area contributed by atoms with Gasteiger partial charge in [0.25, 0.3) is 0 Å². The fourth-order valence-corrected chi connectivity index (χ4v) is 2.67. The molecule has 4 N–H and O–H groups in total. The van der Waals surface area contributed by atoms with Crippen molar-refractivity contribution in [1.29, 1.82) is 0 Å². The molecule has 0 bridgehead atoms. The van der Waals surface area contributed by atoms with Gasteiger partial charge in [-0.2, -0.15) is 0 Å². The SMILES string of the molecule is C.CC(=O)C[C@@H](CN)CC(C)C.CC(=O)C[C@H](CN)CC(C)C. The summed E-state index contributed by atoms with van der Waals surface area (Å²) in [6.07, 6.45) is 3.43. The molecule has 23 heavy (non-hydrogen) atoms. The highest BCUT2D eigenvalue weighted by atomic mass is 16.1. The molecule has 0 aliphatic heterocycles. The van der Waals surface area contributed by atoms with E-state index in [-0.39, 0.29) is 19.0 Å². The van der Waals surface area contributed by atoms with E-state index >= 15 is 0 Å². The van der Waals surface area contributed by atoms with Crippen molar-refractivity contribution in [1.82, 2.24) is 0 Å². The normalized spacial score (nSPS) is 13.0. The predicted molar refractivity (Wildman–Crippen MR) is 101 cm³/mol. The van der Waals surface area contributed by atoms with Crippen molar-refractivity contribution in [2.45, 2.75) is 74.7 Å². The fraction of sp³-hybridized carbons (Fsp3) is 0.895. The lowest BCUT2D eigenvalue weighted by Gasteiger charge is -2.14. The molecule has 0 saturated heterocycles. The lowest BCUT2D eigenvalue weighted by Crippen LogP contribution is -2.18. The first-order valence-corrected chi connectivity index (χ1v) is 8.51. The number of nitrogens with two attached hydrogens (primary N) is 2. The molecule has 4 heteroatoms. The Morgan fingerprint density at radius 1 is 0.739 bits per heavy atom. The maximum atomic E-state index is 10.7. The van der Waals surface area contributed by atoms with E-state index < -0.39 is 0 Å². The Labute approximate surface area is 144 Å². The van der Waals surface area contributed by atoms with Crippen LogP contribution in [0.25, 0.3) is 0 Å². The summed E-state index contributed by atoms with van der Waals surface area (Å²) in [5.41, 5.74) is 11.0. The van der Waals surface area contributed by atoms with Crippen molar-refractivity contribution in [3.63, 3.8) is 0 Å². The van der Waals surface area contributed by atoms with Gasteiger partial charge in [0, 0.05) is 12.8 Å². The highest BCUT2D eigenvalue weighted by Crippen LogP contribution is 2.14. The number of carbonyl (C=O) groups excluding carboxylic acids is 2. The summed E-state index contributed by atoms with van der Waals surface area (Å²) < 4.78 is 0. The minimum Gasteiger partial charge on any atom is -0.330 e. The fourth-order valence-electron chi connectivity index (χ4n) is 2.67. The first kappa shape index (κ1) is 27.1. The van der Waals surface area contributed by atoms with E-state index in [4.69, 9.17) is 11.5 Å². The molecule has 4 nitrogen and oxygen atoms in total. The van der Waals surface area contributed by atoms with Crippen LogP contribution < -0.4 is 11.5 Å². The Kier molecular flexibility index (Phi) is 19.0. The van der Waals surface area contributed by atoms with E-state index in [0.717, 1.165) is 12.8 Å². The molecule has 0 aromatic carbocycles. The maximum absolute atomic E-state index is 10.7. The van der Waals surface area contributed by atoms with Gasteiger partial charge in [-0.1, -0.05) is 35.1 Å². The number of hydrogen-bond acceptors (Lipinski definition) is 4. The second-order valence-electron chi connectivity index (χ2n) is 7.27. The summed E-state index contributed by atoms with van der Waals surface area (Å²) in [6.45, 7) is 13.2. The van der Waals surface area contributed by atoms with E-state index in [1.165, 1.54) is 0 Å². The van der Waals surface area contributed by atoms with Gasteiger partial charge in [0.05, 0.1) is 0 Å². The molecule has 0 aliphatic carbocycles. The van der Waals surface area contributed by atoms with Crippen molar-refractivity contribution in [3.05, 3.63) is 0 Å². The van der Waals surface area contributed by atoms with Gasteiger partial charge in [0.1, 0.15) is 11.6 Å². The number of hydrogen-bond donors (Lipinski definition) is 2. The minimum atomic E-state index is 0. The van der Waals surface area contributed by atoms with Crippen LogP contribution in [0.1, 0.15) is 74.7 Å². The largest absolute Gasteiger partial charge is 0.330 e. The van der Waals surface area contributed by atoms with Gasteiger partial charge >= 0.3 is 0 Å². The van der Waals surface area contributed by atoms with Crippen molar-refractivity contribution < 1.29 is 9.59 Å². The van der Waals surface area contributed by atoms with Gasteiger partial charge in [-0.3, -0.25) is 0 Å². The standard InChI is InChI=1S/2C9H19NO.CH4/c2*1-7(2)4-9(6-10)5-8(3)11;/h2*7,9H,4-6,10H2,1-3H3;1H4/t2*9-;/m10./s1. The number of ketones is 2. The monoisotopic (exact) mass is 330 g/mol. The Morgan fingerprint density at radius 3 is 1.13 bits per heavy atom. The molecule has 0 unspecified atom stereocenters. The average molecular weight is 331 g/mol. The molecular formula is C19H42N2O2. The van der Waals surface area contributed by atoms with Crippen molar-refractivity contribution >= 4 is 11.6 Å². The third-order valence-electron chi connectivity index (χ3n) is 3.43. The van der Waals surface area contributed by atoms with E-state index in [9.17, 15) is 9.59 Å². The Hall–Kier alpha value is -0.740.